The first-order valence-electron chi connectivity index (χ1n) is 10.9. The topological polar surface area (TPSA) is 52.3 Å². The van der Waals surface area contributed by atoms with Gasteiger partial charge in [0.15, 0.2) is 0 Å². The predicted molar refractivity (Wildman–Crippen MR) is 131 cm³/mol. The minimum absolute atomic E-state index is 0.302. The molecule has 33 heavy (non-hydrogen) atoms. The quantitative estimate of drug-likeness (QED) is 0.173. The molecule has 2 aromatic carbocycles. The van der Waals surface area contributed by atoms with Gasteiger partial charge in [-0.15, -0.1) is 0 Å². The molecule has 0 atom stereocenters. The van der Waals surface area contributed by atoms with Crippen LogP contribution in [0.4, 0.5) is 0 Å². The first-order chi connectivity index (χ1) is 16.2. The van der Waals surface area contributed by atoms with E-state index in [9.17, 15) is 4.79 Å². The Balaban J connectivity index is 1.84. The average molecular weight is 456 g/mol. The van der Waals surface area contributed by atoms with Crippen molar-refractivity contribution in [3.05, 3.63) is 108 Å². The smallest absolute Gasteiger partial charge is 0.335 e. The zero-order chi connectivity index (χ0) is 22.8. The normalized spacial score (nSPS) is 14.5. The van der Waals surface area contributed by atoms with Crippen LogP contribution in [0.15, 0.2) is 90.1 Å². The lowest BCUT2D eigenvalue weighted by molar-refractivity contribution is -0.128. The van der Waals surface area contributed by atoms with Crippen molar-refractivity contribution in [2.45, 2.75) is 19.3 Å². The van der Waals surface area contributed by atoms with Gasteiger partial charge in [-0.2, -0.15) is 0 Å². The summed E-state index contributed by atoms with van der Waals surface area (Å²) in [4.78, 5) is 16.3. The van der Waals surface area contributed by atoms with Gasteiger partial charge < -0.3 is 9.15 Å². The summed E-state index contributed by atoms with van der Waals surface area (Å²) in [5.74, 6) is 0.933. The highest BCUT2D eigenvalue weighted by Crippen LogP contribution is 2.48. The molecular weight excluding hydrogens is 434 g/mol. The molecule has 2 heterocycles. The van der Waals surface area contributed by atoms with Crippen molar-refractivity contribution in [2.24, 2.45) is 5.92 Å². The van der Waals surface area contributed by atoms with Gasteiger partial charge in [0, 0.05) is 40.6 Å². The van der Waals surface area contributed by atoms with Crippen molar-refractivity contribution in [3.63, 3.8) is 0 Å². The van der Waals surface area contributed by atoms with Gasteiger partial charge in [-0.3, -0.25) is 4.98 Å². The molecule has 0 saturated heterocycles. The Morgan fingerprint density at radius 1 is 1.09 bits per heavy atom. The van der Waals surface area contributed by atoms with Crippen molar-refractivity contribution in [1.82, 2.24) is 4.98 Å². The number of allylic oxidation sites excluding steroid dienone is 1. The largest absolute Gasteiger partial charge is 0.456 e. The summed E-state index contributed by atoms with van der Waals surface area (Å²) < 4.78 is 12.0. The number of carbonyl (C=O) groups is 1. The minimum Gasteiger partial charge on any atom is -0.456 e. The number of carbonyl (C=O) groups excluding carboxylic acids is 1. The van der Waals surface area contributed by atoms with E-state index in [-0.39, 0.29) is 0 Å². The van der Waals surface area contributed by atoms with E-state index in [1.165, 1.54) is 0 Å². The van der Waals surface area contributed by atoms with Crippen LogP contribution in [0.3, 0.4) is 0 Å². The number of para-hydroxylation sites is 2. The maximum Gasteiger partial charge on any atom is 0.335 e. The van der Waals surface area contributed by atoms with Gasteiger partial charge in [0.2, 0.25) is 0 Å². The average Bonchev–Trinajstić information content (AvgIpc) is 3.22. The number of rotatable bonds is 6. The molecule has 0 radical (unpaired) electrons. The zero-order valence-electron chi connectivity index (χ0n) is 18.0. The third-order valence-electron chi connectivity index (χ3n) is 6.05. The fraction of sp³-hybridized carbons (Fsp3) is 0.143. The Hall–Kier alpha value is -3.63. The maximum absolute atomic E-state index is 12.1. The molecule has 2 aromatic heterocycles. The second-order valence-corrected chi connectivity index (χ2v) is 8.45. The highest BCUT2D eigenvalue weighted by Gasteiger charge is 2.31. The molecule has 4 aromatic rings. The Kier molecular flexibility index (Phi) is 5.84. The van der Waals surface area contributed by atoms with E-state index in [1.807, 2.05) is 54.6 Å². The zero-order valence-corrected chi connectivity index (χ0v) is 18.7. The number of furan rings is 1. The minimum atomic E-state index is -0.515. The number of esters is 1. The van der Waals surface area contributed by atoms with E-state index in [0.29, 0.717) is 22.5 Å². The van der Waals surface area contributed by atoms with Crippen LogP contribution >= 0.6 is 11.6 Å². The maximum atomic E-state index is 12.1. The summed E-state index contributed by atoms with van der Waals surface area (Å²) in [6.07, 6.45) is 7.82. The van der Waals surface area contributed by atoms with Gasteiger partial charge in [-0.25, -0.2) is 4.79 Å². The standard InChI is InChI=1S/C28H22ClNO3/c1-2-26(31)33-24-13-6-4-11-21(24)28(25-16-19-8-3-5-12-23(19)32-25)27(18-9-7-10-18)20-14-15-30-17-22(20)29/h2-6,8,11-18H,1,7,9-10H2/b28-27-. The third kappa shape index (κ3) is 4.10. The number of benzene rings is 2. The molecule has 5 rings (SSSR count). The van der Waals surface area contributed by atoms with E-state index in [2.05, 4.69) is 11.6 Å². The number of ether oxygens (including phenoxy) is 1. The van der Waals surface area contributed by atoms with Gasteiger partial charge in [0.05, 0.1) is 5.02 Å². The van der Waals surface area contributed by atoms with Gasteiger partial charge in [0.25, 0.3) is 0 Å². The third-order valence-corrected chi connectivity index (χ3v) is 6.35. The van der Waals surface area contributed by atoms with Crippen molar-refractivity contribution < 1.29 is 13.9 Å². The van der Waals surface area contributed by atoms with E-state index in [4.69, 9.17) is 20.8 Å². The molecule has 0 spiro atoms. The molecule has 5 heteroatoms. The van der Waals surface area contributed by atoms with Crippen LogP contribution in [0.25, 0.3) is 22.1 Å². The van der Waals surface area contributed by atoms with E-state index in [0.717, 1.165) is 58.6 Å². The molecule has 1 fully saturated rings. The molecule has 0 amide bonds. The lowest BCUT2D eigenvalue weighted by Crippen LogP contribution is -2.16. The van der Waals surface area contributed by atoms with Gasteiger partial charge in [-0.05, 0) is 48.6 Å². The Morgan fingerprint density at radius 3 is 2.61 bits per heavy atom. The lowest BCUT2D eigenvalue weighted by Gasteiger charge is -2.31. The van der Waals surface area contributed by atoms with Crippen LogP contribution in [-0.4, -0.2) is 11.0 Å². The molecule has 1 saturated carbocycles. The fourth-order valence-electron chi connectivity index (χ4n) is 4.28. The Bertz CT molecular complexity index is 1350. The highest BCUT2D eigenvalue weighted by molar-refractivity contribution is 6.32. The van der Waals surface area contributed by atoms with Crippen LogP contribution in [0.1, 0.15) is 36.1 Å². The number of hydrogen-bond acceptors (Lipinski definition) is 4. The van der Waals surface area contributed by atoms with E-state index in [1.54, 1.807) is 18.5 Å². The molecule has 164 valence electrons. The Labute approximate surface area is 197 Å². The van der Waals surface area contributed by atoms with E-state index < -0.39 is 5.97 Å². The van der Waals surface area contributed by atoms with Crippen LogP contribution in [0.5, 0.6) is 5.75 Å². The molecule has 1 aliphatic rings. The van der Waals surface area contributed by atoms with Gasteiger partial charge >= 0.3 is 5.97 Å². The van der Waals surface area contributed by atoms with Gasteiger partial charge in [0.1, 0.15) is 17.1 Å². The number of hydrogen-bond donors (Lipinski definition) is 0. The summed E-state index contributed by atoms with van der Waals surface area (Å²) in [6, 6.07) is 19.4. The Morgan fingerprint density at radius 2 is 1.88 bits per heavy atom. The molecule has 0 aliphatic heterocycles. The summed E-state index contributed by atoms with van der Waals surface area (Å²) >= 11 is 6.66. The number of aromatic nitrogens is 1. The van der Waals surface area contributed by atoms with Crippen molar-refractivity contribution in [3.8, 4) is 5.75 Å². The number of nitrogens with zero attached hydrogens (tertiary/aromatic N) is 1. The summed E-state index contributed by atoms with van der Waals surface area (Å²) in [7, 11) is 0. The highest BCUT2D eigenvalue weighted by atomic mass is 35.5. The number of fused-ring (bicyclic) bond motifs is 1. The summed E-state index contributed by atoms with van der Waals surface area (Å²) in [6.45, 7) is 3.53. The molecule has 4 nitrogen and oxygen atoms in total. The molecule has 0 unspecified atom stereocenters. The molecule has 1 aliphatic carbocycles. The first-order valence-corrected chi connectivity index (χ1v) is 11.3. The summed E-state index contributed by atoms with van der Waals surface area (Å²) in [5.41, 5.74) is 4.42. The SMILES string of the molecule is C=CC(=O)Oc1ccccc1/C(=C(/c1ccncc1Cl)C1CCC1)c1cc2ccccc2o1. The van der Waals surface area contributed by atoms with Crippen LogP contribution in [0.2, 0.25) is 5.02 Å². The van der Waals surface area contributed by atoms with Gasteiger partial charge in [-0.1, -0.05) is 61.0 Å². The second kappa shape index (κ2) is 9.08. The second-order valence-electron chi connectivity index (χ2n) is 8.04. The van der Waals surface area contributed by atoms with Crippen LogP contribution < -0.4 is 4.74 Å². The molecule has 0 bridgehead atoms. The number of pyridine rings is 1. The number of halogens is 1. The van der Waals surface area contributed by atoms with Crippen LogP contribution in [-0.2, 0) is 4.79 Å². The predicted octanol–water partition coefficient (Wildman–Crippen LogP) is 7.33. The summed E-state index contributed by atoms with van der Waals surface area (Å²) in [5, 5.41) is 1.58. The van der Waals surface area contributed by atoms with Crippen molar-refractivity contribution in [1.29, 1.82) is 0 Å². The lowest BCUT2D eigenvalue weighted by atomic mass is 9.74. The molecular formula is C28H22ClNO3. The molecule has 0 N–H and O–H groups in total. The van der Waals surface area contributed by atoms with Crippen molar-refractivity contribution >= 4 is 39.7 Å². The van der Waals surface area contributed by atoms with Crippen molar-refractivity contribution in [2.75, 3.05) is 0 Å². The van der Waals surface area contributed by atoms with Crippen LogP contribution in [0, 0.1) is 5.92 Å². The van der Waals surface area contributed by atoms with E-state index >= 15 is 0 Å². The monoisotopic (exact) mass is 455 g/mol. The first kappa shape index (κ1) is 21.2. The fourth-order valence-corrected chi connectivity index (χ4v) is 4.50.